The number of aryl methyl sites for hydroxylation is 2. The lowest BCUT2D eigenvalue weighted by atomic mass is 10.00. The second-order valence-electron chi connectivity index (χ2n) is 8.79. The first-order valence-corrected chi connectivity index (χ1v) is 12.5. The zero-order chi connectivity index (χ0) is 25.8. The fourth-order valence-corrected chi connectivity index (χ4v) is 4.57. The fourth-order valence-electron chi connectivity index (χ4n) is 4.57. The Morgan fingerprint density at radius 3 is 2.49 bits per heavy atom. The van der Waals surface area contributed by atoms with Crippen LogP contribution < -0.4 is 15.2 Å². The summed E-state index contributed by atoms with van der Waals surface area (Å²) in [6.07, 6.45) is 8.34. The molecule has 0 amide bonds. The summed E-state index contributed by atoms with van der Waals surface area (Å²) in [5.74, 6) is 1.51. The number of methoxy groups -OCH3 is 1. The number of hydrogen-bond acceptors (Lipinski definition) is 7. The number of rotatable bonds is 11. The van der Waals surface area contributed by atoms with Gasteiger partial charge in [0.2, 0.25) is 0 Å². The molecule has 5 aromatic rings. The number of pyridine rings is 2. The lowest BCUT2D eigenvalue weighted by molar-refractivity contribution is 0.146. The van der Waals surface area contributed by atoms with E-state index in [2.05, 4.69) is 34.8 Å². The van der Waals surface area contributed by atoms with E-state index in [4.69, 9.17) is 29.9 Å². The Labute approximate surface area is 215 Å². The molecule has 0 aliphatic rings. The Kier molecular flexibility index (Phi) is 7.34. The second-order valence-corrected chi connectivity index (χ2v) is 8.79. The molecule has 192 valence electrons. The van der Waals surface area contributed by atoms with E-state index in [0.717, 1.165) is 63.0 Å². The van der Waals surface area contributed by atoms with Gasteiger partial charge in [0.25, 0.3) is 0 Å². The van der Waals surface area contributed by atoms with Crippen LogP contribution in [-0.2, 0) is 18.3 Å². The number of nitrogens with zero attached hydrogens (tertiary/aromatic N) is 5. The third-order valence-corrected chi connectivity index (χ3v) is 6.34. The van der Waals surface area contributed by atoms with Crippen LogP contribution in [0.3, 0.4) is 0 Å². The molecular weight excluding hydrogens is 468 g/mol. The summed E-state index contributed by atoms with van der Waals surface area (Å²) in [6, 6.07) is 10.2. The van der Waals surface area contributed by atoms with Gasteiger partial charge < -0.3 is 24.5 Å². The van der Waals surface area contributed by atoms with Gasteiger partial charge in [-0.25, -0.2) is 4.98 Å². The molecule has 0 aliphatic carbocycles. The van der Waals surface area contributed by atoms with E-state index in [-0.39, 0.29) is 0 Å². The molecule has 0 bridgehead atoms. The van der Waals surface area contributed by atoms with Crippen LogP contribution in [0, 0.1) is 0 Å². The first-order valence-electron chi connectivity index (χ1n) is 12.5. The Balaban J connectivity index is 1.71. The van der Waals surface area contributed by atoms with Crippen molar-refractivity contribution >= 4 is 21.9 Å². The Hall–Kier alpha value is -3.95. The van der Waals surface area contributed by atoms with E-state index in [1.165, 1.54) is 0 Å². The minimum absolute atomic E-state index is 0.422. The van der Waals surface area contributed by atoms with E-state index in [1.54, 1.807) is 18.0 Å². The summed E-state index contributed by atoms with van der Waals surface area (Å²) in [5, 5.41) is 6.41. The number of benzene rings is 1. The van der Waals surface area contributed by atoms with Crippen LogP contribution in [0.2, 0.25) is 0 Å². The molecule has 2 N–H and O–H groups in total. The number of nitrogens with two attached hydrogens (primary N) is 1. The van der Waals surface area contributed by atoms with Crippen LogP contribution in [0.5, 0.6) is 11.5 Å². The highest BCUT2D eigenvalue weighted by atomic mass is 16.5. The van der Waals surface area contributed by atoms with Crippen molar-refractivity contribution in [2.24, 2.45) is 12.8 Å². The van der Waals surface area contributed by atoms with Crippen molar-refractivity contribution in [1.29, 1.82) is 0 Å². The largest absolute Gasteiger partial charge is 0.494 e. The maximum absolute atomic E-state index is 6.19. The zero-order valence-corrected chi connectivity index (χ0v) is 21.5. The summed E-state index contributed by atoms with van der Waals surface area (Å²) >= 11 is 0. The highest BCUT2D eigenvalue weighted by Gasteiger charge is 2.21. The van der Waals surface area contributed by atoms with Crippen LogP contribution in [0.15, 0.2) is 55.1 Å². The highest BCUT2D eigenvalue weighted by Crippen LogP contribution is 2.42. The smallest absolute Gasteiger partial charge is 0.146 e. The average Bonchev–Trinajstić information content (AvgIpc) is 3.50. The van der Waals surface area contributed by atoms with Crippen LogP contribution in [0.4, 0.5) is 0 Å². The van der Waals surface area contributed by atoms with Gasteiger partial charge in [-0.3, -0.25) is 9.67 Å². The van der Waals surface area contributed by atoms with Crippen LogP contribution in [0.1, 0.15) is 13.3 Å². The minimum atomic E-state index is 0.422. The van der Waals surface area contributed by atoms with E-state index >= 15 is 0 Å². The molecule has 9 nitrogen and oxygen atoms in total. The van der Waals surface area contributed by atoms with Crippen LogP contribution >= 0.6 is 0 Å². The predicted octanol–water partition coefficient (Wildman–Crippen LogP) is 4.42. The molecule has 1 aromatic carbocycles. The molecule has 0 aliphatic heterocycles. The van der Waals surface area contributed by atoms with Crippen LogP contribution in [0.25, 0.3) is 44.3 Å². The van der Waals surface area contributed by atoms with Gasteiger partial charge in [-0.05, 0) is 43.7 Å². The van der Waals surface area contributed by atoms with Crippen molar-refractivity contribution in [2.45, 2.75) is 19.9 Å². The predicted molar refractivity (Wildman–Crippen MR) is 145 cm³/mol. The van der Waals surface area contributed by atoms with E-state index in [9.17, 15) is 0 Å². The molecule has 0 saturated carbocycles. The first kappa shape index (κ1) is 24.7. The lowest BCUT2D eigenvalue weighted by Crippen LogP contribution is -2.06. The third-order valence-electron chi connectivity index (χ3n) is 6.34. The maximum Gasteiger partial charge on any atom is 0.146 e. The van der Waals surface area contributed by atoms with Gasteiger partial charge in [0.15, 0.2) is 0 Å². The monoisotopic (exact) mass is 500 g/mol. The minimum Gasteiger partial charge on any atom is -0.494 e. The molecule has 37 heavy (non-hydrogen) atoms. The molecule has 0 spiro atoms. The summed E-state index contributed by atoms with van der Waals surface area (Å²) in [5.41, 5.74) is 11.3. The molecule has 4 heterocycles. The molecular formula is C28H32N6O3. The standard InChI is InChI=1S/C28H32N6O3/c1-4-34-24-16-30-23(20-15-32-33(2)18-20)14-22(24)27-26(25(17-31-28(27)34)37-13-12-35-3)19-6-8-21(9-7-19)36-11-5-10-29/h6-9,14-18H,4-5,10-13,29H2,1-3H3. The number of aromatic nitrogens is 5. The summed E-state index contributed by atoms with van der Waals surface area (Å²) in [4.78, 5) is 9.60. The molecule has 9 heteroatoms. The molecule has 0 unspecified atom stereocenters. The van der Waals surface area contributed by atoms with Crippen molar-refractivity contribution in [3.05, 3.63) is 55.1 Å². The van der Waals surface area contributed by atoms with E-state index in [1.807, 2.05) is 37.8 Å². The first-order chi connectivity index (χ1) is 18.1. The van der Waals surface area contributed by atoms with Crippen LogP contribution in [-0.4, -0.2) is 57.8 Å². The molecule has 0 atom stereocenters. The average molecular weight is 501 g/mol. The fraction of sp³-hybridized carbons (Fsp3) is 0.321. The van der Waals surface area contributed by atoms with Gasteiger partial charge in [0.05, 0.1) is 43.0 Å². The van der Waals surface area contributed by atoms with Crippen molar-refractivity contribution in [1.82, 2.24) is 24.3 Å². The van der Waals surface area contributed by atoms with Gasteiger partial charge in [0.1, 0.15) is 23.8 Å². The van der Waals surface area contributed by atoms with Gasteiger partial charge in [-0.15, -0.1) is 0 Å². The molecule has 0 radical (unpaired) electrons. The molecule has 5 rings (SSSR count). The van der Waals surface area contributed by atoms with E-state index in [0.29, 0.717) is 32.1 Å². The second kappa shape index (κ2) is 11.0. The van der Waals surface area contributed by atoms with Crippen molar-refractivity contribution in [2.75, 3.05) is 33.5 Å². The van der Waals surface area contributed by atoms with Crippen molar-refractivity contribution < 1.29 is 14.2 Å². The Bertz CT molecular complexity index is 1510. The summed E-state index contributed by atoms with van der Waals surface area (Å²) in [7, 11) is 3.57. The van der Waals surface area contributed by atoms with Gasteiger partial charge in [-0.2, -0.15) is 5.10 Å². The summed E-state index contributed by atoms with van der Waals surface area (Å²) in [6.45, 7) is 4.98. The van der Waals surface area contributed by atoms with Gasteiger partial charge in [0, 0.05) is 48.8 Å². The Morgan fingerprint density at radius 1 is 0.946 bits per heavy atom. The lowest BCUT2D eigenvalue weighted by Gasteiger charge is -2.14. The Morgan fingerprint density at radius 2 is 1.78 bits per heavy atom. The molecule has 0 saturated heterocycles. The highest BCUT2D eigenvalue weighted by molar-refractivity contribution is 6.15. The quantitative estimate of drug-likeness (QED) is 0.268. The normalized spacial score (nSPS) is 11.5. The molecule has 0 fully saturated rings. The maximum atomic E-state index is 6.19. The number of fused-ring (bicyclic) bond motifs is 3. The number of hydrogen-bond donors (Lipinski definition) is 1. The zero-order valence-electron chi connectivity index (χ0n) is 21.5. The van der Waals surface area contributed by atoms with Crippen molar-refractivity contribution in [3.63, 3.8) is 0 Å². The van der Waals surface area contributed by atoms with E-state index < -0.39 is 0 Å². The van der Waals surface area contributed by atoms with Crippen molar-refractivity contribution in [3.8, 4) is 33.9 Å². The third kappa shape index (κ3) is 4.87. The SMILES string of the molecule is CCn1c2cnc(-c3cnn(C)c3)cc2c2c(-c3ccc(OCCCN)cc3)c(OCCOC)cnc21. The summed E-state index contributed by atoms with van der Waals surface area (Å²) < 4.78 is 21.2. The number of ether oxygens (including phenoxy) is 3. The van der Waals surface area contributed by atoms with Gasteiger partial charge in [-0.1, -0.05) is 12.1 Å². The topological polar surface area (TPSA) is 102 Å². The van der Waals surface area contributed by atoms with Gasteiger partial charge >= 0.3 is 0 Å². The molecule has 4 aromatic heterocycles.